The maximum absolute atomic E-state index is 12.6. The molecule has 3 aromatic rings. The first kappa shape index (κ1) is 17.3. The van der Waals surface area contributed by atoms with Gasteiger partial charge >= 0.3 is 0 Å². The van der Waals surface area contributed by atoms with E-state index in [1.807, 2.05) is 45.0 Å². The minimum atomic E-state index is -0.0388. The van der Waals surface area contributed by atoms with E-state index in [-0.39, 0.29) is 5.91 Å². The molecule has 0 N–H and O–H groups in total. The highest BCUT2D eigenvalue weighted by Crippen LogP contribution is 2.29. The number of amides is 1. The molecule has 0 unspecified atom stereocenters. The summed E-state index contributed by atoms with van der Waals surface area (Å²) in [5, 5.41) is 6.54. The zero-order valence-electron chi connectivity index (χ0n) is 14.7. The summed E-state index contributed by atoms with van der Waals surface area (Å²) < 4.78 is 1.05. The molecule has 0 aliphatic carbocycles. The van der Waals surface area contributed by atoms with Gasteiger partial charge in [0.25, 0.3) is 0 Å². The fraction of sp³-hybridized carbons (Fsp3) is 0.250. The highest BCUT2D eigenvalue weighted by Gasteiger charge is 2.18. The minimum Gasteiger partial charge on any atom is -0.272 e. The van der Waals surface area contributed by atoms with E-state index >= 15 is 0 Å². The van der Waals surface area contributed by atoms with Crippen molar-refractivity contribution in [3.8, 4) is 0 Å². The molecule has 128 valence electrons. The summed E-state index contributed by atoms with van der Waals surface area (Å²) in [7, 11) is 0. The summed E-state index contributed by atoms with van der Waals surface area (Å²) in [6.07, 6.45) is 2.97. The first-order valence-electron chi connectivity index (χ1n) is 8.38. The van der Waals surface area contributed by atoms with Crippen LogP contribution < -0.4 is 5.01 Å². The molecule has 0 atom stereocenters. The summed E-state index contributed by atoms with van der Waals surface area (Å²) >= 11 is 1.48. The molecular formula is C20H21N3OS. The molecule has 25 heavy (non-hydrogen) atoms. The average molecular weight is 351 g/mol. The summed E-state index contributed by atoms with van der Waals surface area (Å²) in [6, 6.07) is 14.1. The SMILES string of the molecule is CCCC(=O)N(N=Cc1cc(C)ccc1C)c1nc2ccccc2s1. The number of para-hydroxylation sites is 1. The van der Waals surface area contributed by atoms with Crippen molar-refractivity contribution in [1.82, 2.24) is 4.98 Å². The van der Waals surface area contributed by atoms with Gasteiger partial charge < -0.3 is 0 Å². The third kappa shape index (κ3) is 3.94. The lowest BCUT2D eigenvalue weighted by Crippen LogP contribution is -2.25. The van der Waals surface area contributed by atoms with E-state index in [0.717, 1.165) is 27.8 Å². The zero-order chi connectivity index (χ0) is 17.8. The van der Waals surface area contributed by atoms with Crippen LogP contribution in [0.3, 0.4) is 0 Å². The summed E-state index contributed by atoms with van der Waals surface area (Å²) in [5.74, 6) is -0.0388. The molecule has 4 nitrogen and oxygen atoms in total. The van der Waals surface area contributed by atoms with Gasteiger partial charge in [-0.05, 0) is 43.5 Å². The fourth-order valence-electron chi connectivity index (χ4n) is 2.51. The van der Waals surface area contributed by atoms with Crippen LogP contribution in [-0.4, -0.2) is 17.1 Å². The second-order valence-electron chi connectivity index (χ2n) is 6.02. The number of carbonyl (C=O) groups excluding carboxylic acids is 1. The number of fused-ring (bicyclic) bond motifs is 1. The Balaban J connectivity index is 1.98. The number of hydrazone groups is 1. The molecule has 1 heterocycles. The summed E-state index contributed by atoms with van der Waals surface area (Å²) in [4.78, 5) is 17.2. The van der Waals surface area contributed by atoms with Gasteiger partial charge in [-0.3, -0.25) is 4.79 Å². The van der Waals surface area contributed by atoms with Gasteiger partial charge in [0.05, 0.1) is 16.4 Å². The van der Waals surface area contributed by atoms with E-state index in [9.17, 15) is 4.79 Å². The normalized spacial score (nSPS) is 11.3. The quantitative estimate of drug-likeness (QED) is 0.475. The molecule has 0 radical (unpaired) electrons. The Morgan fingerprint density at radius 1 is 1.24 bits per heavy atom. The molecule has 3 rings (SSSR count). The van der Waals surface area contributed by atoms with Crippen molar-refractivity contribution >= 4 is 38.8 Å². The molecule has 1 amide bonds. The summed E-state index contributed by atoms with van der Waals surface area (Å²) in [5.41, 5.74) is 4.19. The maximum atomic E-state index is 12.6. The monoisotopic (exact) mass is 351 g/mol. The van der Waals surface area contributed by atoms with Gasteiger partial charge in [0.15, 0.2) is 0 Å². The lowest BCUT2D eigenvalue weighted by molar-refractivity contribution is -0.118. The second kappa shape index (κ2) is 7.57. The number of benzene rings is 2. The van der Waals surface area contributed by atoms with Crippen LogP contribution in [0.5, 0.6) is 0 Å². The predicted octanol–water partition coefficient (Wildman–Crippen LogP) is 5.08. The van der Waals surface area contributed by atoms with Gasteiger partial charge in [-0.1, -0.05) is 54.2 Å². The smallest absolute Gasteiger partial charge is 0.249 e. The lowest BCUT2D eigenvalue weighted by atomic mass is 10.1. The van der Waals surface area contributed by atoms with Crippen molar-refractivity contribution < 1.29 is 4.79 Å². The maximum Gasteiger partial charge on any atom is 0.249 e. The van der Waals surface area contributed by atoms with Crippen LogP contribution in [0.25, 0.3) is 10.2 Å². The number of hydrogen-bond donors (Lipinski definition) is 0. The highest BCUT2D eigenvalue weighted by atomic mass is 32.1. The molecule has 5 heteroatoms. The number of nitrogens with zero attached hydrogens (tertiary/aromatic N) is 3. The third-order valence-corrected chi connectivity index (χ3v) is 4.92. The number of hydrogen-bond acceptors (Lipinski definition) is 4. The van der Waals surface area contributed by atoms with Gasteiger partial charge in [-0.2, -0.15) is 10.1 Å². The Hall–Kier alpha value is -2.53. The van der Waals surface area contributed by atoms with Crippen LogP contribution in [0.1, 0.15) is 36.5 Å². The number of aryl methyl sites for hydroxylation is 2. The topological polar surface area (TPSA) is 45.6 Å². The molecule has 0 saturated carbocycles. The highest BCUT2D eigenvalue weighted by molar-refractivity contribution is 7.22. The van der Waals surface area contributed by atoms with E-state index in [0.29, 0.717) is 11.6 Å². The van der Waals surface area contributed by atoms with Crippen LogP contribution in [-0.2, 0) is 4.79 Å². The Labute approximate surface area is 151 Å². The van der Waals surface area contributed by atoms with Crippen LogP contribution in [0.4, 0.5) is 5.13 Å². The van der Waals surface area contributed by atoms with E-state index in [2.05, 4.69) is 28.3 Å². The van der Waals surface area contributed by atoms with Crippen LogP contribution in [0.15, 0.2) is 47.6 Å². The Bertz CT molecular complexity index is 897. The number of anilines is 1. The standard InChI is InChI=1S/C20H21N3OS/c1-4-7-19(24)23(20-22-17-8-5-6-9-18(17)25-20)21-13-16-12-14(2)10-11-15(16)3/h5-6,8-13H,4,7H2,1-3H3. The Kier molecular flexibility index (Phi) is 5.24. The first-order valence-corrected chi connectivity index (χ1v) is 9.20. The van der Waals surface area contributed by atoms with Crippen LogP contribution in [0, 0.1) is 13.8 Å². The van der Waals surface area contributed by atoms with Crippen molar-refractivity contribution in [2.24, 2.45) is 5.10 Å². The number of thiazole rings is 1. The van der Waals surface area contributed by atoms with Gasteiger partial charge in [0.2, 0.25) is 11.0 Å². The minimum absolute atomic E-state index is 0.0388. The third-order valence-electron chi connectivity index (χ3n) is 3.91. The number of aromatic nitrogens is 1. The van der Waals surface area contributed by atoms with Crippen molar-refractivity contribution in [3.05, 3.63) is 59.2 Å². The van der Waals surface area contributed by atoms with Gasteiger partial charge in [-0.25, -0.2) is 4.98 Å². The fourth-order valence-corrected chi connectivity index (χ4v) is 3.45. The molecule has 0 saturated heterocycles. The van der Waals surface area contributed by atoms with E-state index in [4.69, 9.17) is 0 Å². The van der Waals surface area contributed by atoms with Crippen LogP contribution >= 0.6 is 11.3 Å². The van der Waals surface area contributed by atoms with Crippen LogP contribution in [0.2, 0.25) is 0 Å². The summed E-state index contributed by atoms with van der Waals surface area (Å²) in [6.45, 7) is 6.07. The van der Waals surface area contributed by atoms with Crippen molar-refractivity contribution in [1.29, 1.82) is 0 Å². The lowest BCUT2D eigenvalue weighted by Gasteiger charge is -2.13. The van der Waals surface area contributed by atoms with Gasteiger partial charge in [-0.15, -0.1) is 0 Å². The largest absolute Gasteiger partial charge is 0.272 e. The number of rotatable bonds is 5. The predicted molar refractivity (Wildman–Crippen MR) is 106 cm³/mol. The van der Waals surface area contributed by atoms with Crippen molar-refractivity contribution in [3.63, 3.8) is 0 Å². The van der Waals surface area contributed by atoms with E-state index in [1.165, 1.54) is 21.9 Å². The molecule has 0 aliphatic heterocycles. The first-order chi connectivity index (χ1) is 12.1. The van der Waals surface area contributed by atoms with Crippen molar-refractivity contribution in [2.75, 3.05) is 5.01 Å². The molecule has 2 aromatic carbocycles. The Morgan fingerprint density at radius 2 is 2.04 bits per heavy atom. The van der Waals surface area contributed by atoms with E-state index < -0.39 is 0 Å². The zero-order valence-corrected chi connectivity index (χ0v) is 15.5. The molecule has 1 aromatic heterocycles. The van der Waals surface area contributed by atoms with Crippen molar-refractivity contribution in [2.45, 2.75) is 33.6 Å². The number of carbonyl (C=O) groups is 1. The second-order valence-corrected chi connectivity index (χ2v) is 7.03. The molecular weight excluding hydrogens is 330 g/mol. The Morgan fingerprint density at radius 3 is 2.80 bits per heavy atom. The van der Waals surface area contributed by atoms with Gasteiger partial charge in [0, 0.05) is 6.42 Å². The molecule has 0 aliphatic rings. The van der Waals surface area contributed by atoms with Gasteiger partial charge in [0.1, 0.15) is 0 Å². The molecule has 0 spiro atoms. The molecule has 0 fully saturated rings. The van der Waals surface area contributed by atoms with E-state index in [1.54, 1.807) is 6.21 Å². The molecule has 0 bridgehead atoms. The average Bonchev–Trinajstić information content (AvgIpc) is 3.02.